The molecule has 56 valence electrons. The van der Waals surface area contributed by atoms with Gasteiger partial charge in [0.2, 0.25) is 0 Å². The van der Waals surface area contributed by atoms with Crippen molar-refractivity contribution < 1.29 is 0 Å². The summed E-state index contributed by atoms with van der Waals surface area (Å²) in [7, 11) is 0. The van der Waals surface area contributed by atoms with Crippen LogP contribution in [0.15, 0.2) is 20.0 Å². The van der Waals surface area contributed by atoms with Crippen molar-refractivity contribution in [1.82, 2.24) is 0 Å². The van der Waals surface area contributed by atoms with Gasteiger partial charge in [0.1, 0.15) is 6.34 Å². The second-order valence-corrected chi connectivity index (χ2v) is 2.10. The van der Waals surface area contributed by atoms with Gasteiger partial charge in [-0.2, -0.15) is 0 Å². The second-order valence-electron chi connectivity index (χ2n) is 2.10. The zero-order chi connectivity index (χ0) is 7.84. The molecule has 0 saturated carbocycles. The summed E-state index contributed by atoms with van der Waals surface area (Å²) in [5.74, 6) is 0.782. The molecular weight excluding hydrogens is 144 g/mol. The summed E-state index contributed by atoms with van der Waals surface area (Å²) in [5, 5.41) is 0. The number of nitrogens with two attached hydrogens (primary N) is 2. The maximum absolute atomic E-state index is 5.49. The van der Waals surface area contributed by atoms with E-state index in [-0.39, 0.29) is 0 Å². The van der Waals surface area contributed by atoms with Gasteiger partial charge in [0.05, 0.1) is 0 Å². The zero-order valence-electron chi connectivity index (χ0n) is 5.60. The van der Waals surface area contributed by atoms with Crippen LogP contribution >= 0.6 is 0 Å². The molecule has 2 heterocycles. The summed E-state index contributed by atoms with van der Waals surface area (Å²) in [6.07, 6.45) is 0.758. The molecular formula is C5H6N6. The molecule has 0 saturated heterocycles. The molecule has 0 bridgehead atoms. The van der Waals surface area contributed by atoms with E-state index in [0.717, 1.165) is 0 Å². The molecule has 1 unspecified atom stereocenters. The van der Waals surface area contributed by atoms with E-state index < -0.39 is 6.29 Å². The summed E-state index contributed by atoms with van der Waals surface area (Å²) >= 11 is 0. The monoisotopic (exact) mass is 150 g/mol. The van der Waals surface area contributed by atoms with Crippen molar-refractivity contribution in [3.05, 3.63) is 0 Å². The summed E-state index contributed by atoms with van der Waals surface area (Å²) in [6.45, 7) is 0. The first-order valence-corrected chi connectivity index (χ1v) is 3.05. The fourth-order valence-corrected chi connectivity index (χ4v) is 0.893. The molecule has 2 aliphatic rings. The highest BCUT2D eigenvalue weighted by atomic mass is 15.2. The van der Waals surface area contributed by atoms with Gasteiger partial charge in [-0.3, -0.25) is 5.73 Å². The minimum atomic E-state index is -0.626. The molecule has 0 spiro atoms. The average molecular weight is 150 g/mol. The van der Waals surface area contributed by atoms with Gasteiger partial charge in [0.15, 0.2) is 23.7 Å². The molecule has 6 nitrogen and oxygen atoms in total. The van der Waals surface area contributed by atoms with Crippen molar-refractivity contribution in [3.63, 3.8) is 0 Å². The lowest BCUT2D eigenvalue weighted by molar-refractivity contribution is 0.752. The number of fused-ring (bicyclic) bond motifs is 1. The predicted octanol–water partition coefficient (Wildman–Crippen LogP) is -1.52. The maximum Gasteiger partial charge on any atom is 0.196 e. The van der Waals surface area contributed by atoms with Gasteiger partial charge in [-0.1, -0.05) is 0 Å². The van der Waals surface area contributed by atoms with Gasteiger partial charge in [-0.05, 0) is 0 Å². The Kier molecular flexibility index (Phi) is 1.10. The summed E-state index contributed by atoms with van der Waals surface area (Å²) < 4.78 is 0. The fourth-order valence-electron chi connectivity index (χ4n) is 0.893. The molecule has 0 aromatic heterocycles. The molecule has 6 heteroatoms. The fraction of sp³-hybridized carbons (Fsp3) is 0.200. The van der Waals surface area contributed by atoms with Crippen LogP contribution in [0.3, 0.4) is 0 Å². The van der Waals surface area contributed by atoms with Crippen LogP contribution in [-0.4, -0.2) is 30.0 Å². The Hall–Kier alpha value is -1.56. The molecule has 0 aromatic carbocycles. The molecule has 0 aromatic rings. The van der Waals surface area contributed by atoms with Crippen LogP contribution in [0.2, 0.25) is 0 Å². The minimum Gasteiger partial charge on any atom is -0.382 e. The lowest BCUT2D eigenvalue weighted by atomic mass is 10.3. The van der Waals surface area contributed by atoms with E-state index in [9.17, 15) is 0 Å². The third kappa shape index (κ3) is 0.838. The average Bonchev–Trinajstić information content (AvgIpc) is 2.34. The van der Waals surface area contributed by atoms with Gasteiger partial charge in [-0.25, -0.2) is 20.0 Å². The molecule has 4 N–H and O–H groups in total. The Morgan fingerprint density at radius 3 is 3.00 bits per heavy atom. The molecule has 2 aliphatic heterocycles. The number of hydrogen-bond donors (Lipinski definition) is 2. The third-order valence-electron chi connectivity index (χ3n) is 1.35. The zero-order valence-corrected chi connectivity index (χ0v) is 5.60. The van der Waals surface area contributed by atoms with E-state index in [4.69, 9.17) is 11.5 Å². The predicted molar refractivity (Wildman–Crippen MR) is 43.0 cm³/mol. The minimum absolute atomic E-state index is 0.306. The Morgan fingerprint density at radius 2 is 2.18 bits per heavy atom. The normalized spacial score (nSPS) is 27.4. The Bertz CT molecular complexity index is 309. The summed E-state index contributed by atoms with van der Waals surface area (Å²) in [6, 6.07) is 0. The van der Waals surface area contributed by atoms with Crippen LogP contribution in [0.4, 0.5) is 0 Å². The van der Waals surface area contributed by atoms with Crippen molar-refractivity contribution in [1.29, 1.82) is 0 Å². The summed E-state index contributed by atoms with van der Waals surface area (Å²) in [5.41, 5.74) is 11.4. The standard InChI is InChI=1S/C5H6N6/c6-3-2-4(9-1-8-2)11-5(7)10-3/h1,5H,7H2,(H2,6,10). The van der Waals surface area contributed by atoms with Crippen molar-refractivity contribution in [2.45, 2.75) is 6.29 Å². The van der Waals surface area contributed by atoms with Crippen LogP contribution in [0.25, 0.3) is 0 Å². The lowest BCUT2D eigenvalue weighted by Crippen LogP contribution is -2.36. The van der Waals surface area contributed by atoms with Gasteiger partial charge in [0, 0.05) is 0 Å². The van der Waals surface area contributed by atoms with E-state index in [1.165, 1.54) is 6.34 Å². The molecule has 11 heavy (non-hydrogen) atoms. The van der Waals surface area contributed by atoms with Crippen molar-refractivity contribution in [2.24, 2.45) is 31.4 Å². The van der Waals surface area contributed by atoms with Crippen LogP contribution < -0.4 is 11.5 Å². The van der Waals surface area contributed by atoms with Crippen molar-refractivity contribution >= 4 is 23.7 Å². The highest BCUT2D eigenvalue weighted by Crippen LogP contribution is 2.03. The highest BCUT2D eigenvalue weighted by Gasteiger charge is 2.21. The molecule has 0 amide bonds. The van der Waals surface area contributed by atoms with Crippen LogP contribution in [-0.2, 0) is 0 Å². The van der Waals surface area contributed by atoms with E-state index in [1.807, 2.05) is 0 Å². The van der Waals surface area contributed by atoms with E-state index >= 15 is 0 Å². The Labute approximate surface area is 62.4 Å². The van der Waals surface area contributed by atoms with Gasteiger partial charge in [0.25, 0.3) is 0 Å². The topological polar surface area (TPSA) is 101 Å². The van der Waals surface area contributed by atoms with Crippen molar-refractivity contribution in [2.75, 3.05) is 0 Å². The second kappa shape index (κ2) is 1.96. The number of hydrogen-bond acceptors (Lipinski definition) is 6. The molecule has 1 atom stereocenters. The first-order valence-electron chi connectivity index (χ1n) is 3.05. The number of nitrogens with zero attached hydrogens (tertiary/aromatic N) is 4. The molecule has 0 aliphatic carbocycles. The van der Waals surface area contributed by atoms with E-state index in [2.05, 4.69) is 20.0 Å². The first-order chi connectivity index (χ1) is 5.27. The lowest BCUT2D eigenvalue weighted by Gasteiger charge is -2.09. The molecule has 2 rings (SSSR count). The van der Waals surface area contributed by atoms with Gasteiger partial charge in [-0.15, -0.1) is 0 Å². The van der Waals surface area contributed by atoms with Gasteiger partial charge < -0.3 is 5.73 Å². The highest BCUT2D eigenvalue weighted by molar-refractivity contribution is 6.70. The maximum atomic E-state index is 5.49. The number of aliphatic imine (C=N–C) groups is 4. The Morgan fingerprint density at radius 1 is 1.36 bits per heavy atom. The van der Waals surface area contributed by atoms with Crippen LogP contribution in [0, 0.1) is 0 Å². The summed E-state index contributed by atoms with van der Waals surface area (Å²) in [4.78, 5) is 15.4. The quantitative estimate of drug-likeness (QED) is 0.438. The van der Waals surface area contributed by atoms with E-state index in [0.29, 0.717) is 17.4 Å². The van der Waals surface area contributed by atoms with Crippen molar-refractivity contribution in [3.8, 4) is 0 Å². The molecule has 0 radical (unpaired) electrons. The SMILES string of the molecule is NC1=NC(N)N=C2N=CN=C12. The third-order valence-corrected chi connectivity index (χ3v) is 1.35. The smallest absolute Gasteiger partial charge is 0.196 e. The largest absolute Gasteiger partial charge is 0.382 e. The first kappa shape index (κ1) is 6.17. The number of amidine groups is 2. The Balaban J connectivity index is 2.46. The van der Waals surface area contributed by atoms with E-state index in [1.54, 1.807) is 0 Å². The van der Waals surface area contributed by atoms with Crippen LogP contribution in [0.1, 0.15) is 0 Å². The van der Waals surface area contributed by atoms with Crippen LogP contribution in [0.5, 0.6) is 0 Å². The molecule has 0 fully saturated rings. The van der Waals surface area contributed by atoms with Gasteiger partial charge >= 0.3 is 0 Å². The number of rotatable bonds is 0.